The number of hydrogen-bond donors (Lipinski definition) is 2. The number of rotatable bonds is 5. The fraction of sp³-hybridized carbons (Fsp3) is 0.188. The van der Waals surface area contributed by atoms with Crippen LogP contribution in [-0.4, -0.2) is 18.6 Å². The maximum atomic E-state index is 13.1. The van der Waals surface area contributed by atoms with E-state index in [0.717, 1.165) is 10.5 Å². The van der Waals surface area contributed by atoms with Gasteiger partial charge < -0.3 is 15.4 Å². The number of hydrogen-bond acceptors (Lipinski definition) is 2. The molecule has 0 aliphatic rings. The summed E-state index contributed by atoms with van der Waals surface area (Å²) in [5.41, 5.74) is -1.85. The molecule has 2 N–H and O–H groups in total. The second-order valence-electron chi connectivity index (χ2n) is 5.26. The molecule has 12 heteroatoms. The lowest BCUT2D eigenvalue weighted by atomic mass is 10.1. The third-order valence-corrected chi connectivity index (χ3v) is 3.67. The molecule has 0 aromatic heterocycles. The van der Waals surface area contributed by atoms with Crippen LogP contribution in [0.15, 0.2) is 46.9 Å². The molecule has 0 aliphatic heterocycles. The molecule has 0 radical (unpaired) electrons. The highest BCUT2D eigenvalue weighted by molar-refractivity contribution is 9.10. The second kappa shape index (κ2) is 8.25. The summed E-state index contributed by atoms with van der Waals surface area (Å²) in [6.07, 6.45) is -14.6. The Kier molecular flexibility index (Phi) is 6.42. The van der Waals surface area contributed by atoms with E-state index in [1.165, 1.54) is 12.1 Å². The Morgan fingerprint density at radius 1 is 0.929 bits per heavy atom. The van der Waals surface area contributed by atoms with Crippen LogP contribution in [0.1, 0.15) is 5.56 Å². The van der Waals surface area contributed by atoms with Crippen LogP contribution in [0.3, 0.4) is 0 Å². The molecular formula is C16H10BrF7N2O2. The van der Waals surface area contributed by atoms with Crippen LogP contribution in [0, 0.1) is 0 Å². The molecule has 0 unspecified atom stereocenters. The van der Waals surface area contributed by atoms with Crippen molar-refractivity contribution < 1.29 is 40.3 Å². The van der Waals surface area contributed by atoms with Crippen molar-refractivity contribution in [3.8, 4) is 5.75 Å². The predicted molar refractivity (Wildman–Crippen MR) is 89.8 cm³/mol. The number of carbonyl (C=O) groups is 1. The zero-order valence-corrected chi connectivity index (χ0v) is 15.0. The molecule has 2 amide bonds. The molecule has 0 heterocycles. The Bertz CT molecular complexity index is 842. The molecule has 0 bridgehead atoms. The monoisotopic (exact) mass is 474 g/mol. The molecular weight excluding hydrogens is 465 g/mol. The van der Waals surface area contributed by atoms with Gasteiger partial charge in [-0.25, -0.2) is 4.79 Å². The third kappa shape index (κ3) is 5.75. The highest BCUT2D eigenvalue weighted by Gasteiger charge is 2.46. The standard InChI is InChI=1S/C16H10BrF7N2O2/c17-8-1-3-9(4-2-8)25-14(27)26-10-5-6-12(11(7-10)15(20,21)22)28-16(23,24)13(18)19/h1-7,13H,(H2,25,26,27). The van der Waals surface area contributed by atoms with Gasteiger partial charge in [-0.2, -0.15) is 30.7 Å². The minimum atomic E-state index is -5.20. The van der Waals surface area contributed by atoms with E-state index < -0.39 is 41.7 Å². The van der Waals surface area contributed by atoms with Gasteiger partial charge in [-0.1, -0.05) is 15.9 Å². The maximum Gasteiger partial charge on any atom is 0.461 e. The van der Waals surface area contributed by atoms with E-state index in [1.54, 1.807) is 12.1 Å². The van der Waals surface area contributed by atoms with Gasteiger partial charge in [0.25, 0.3) is 0 Å². The van der Waals surface area contributed by atoms with Gasteiger partial charge in [-0.15, -0.1) is 0 Å². The lowest BCUT2D eigenvalue weighted by Gasteiger charge is -2.20. The predicted octanol–water partition coefficient (Wildman–Crippen LogP) is 6.35. The molecule has 0 atom stereocenters. The third-order valence-electron chi connectivity index (χ3n) is 3.15. The molecule has 28 heavy (non-hydrogen) atoms. The number of anilines is 2. The summed E-state index contributed by atoms with van der Waals surface area (Å²) in [7, 11) is 0. The van der Waals surface area contributed by atoms with E-state index in [9.17, 15) is 35.5 Å². The number of benzene rings is 2. The first-order valence-electron chi connectivity index (χ1n) is 7.28. The van der Waals surface area contributed by atoms with Gasteiger partial charge in [0, 0.05) is 15.8 Å². The summed E-state index contributed by atoms with van der Waals surface area (Å²) in [5.74, 6) is -1.50. The highest BCUT2D eigenvalue weighted by Crippen LogP contribution is 2.40. The first kappa shape index (κ1) is 21.8. The molecule has 2 aromatic carbocycles. The van der Waals surface area contributed by atoms with Crippen molar-refractivity contribution >= 4 is 33.3 Å². The van der Waals surface area contributed by atoms with Crippen LogP contribution < -0.4 is 15.4 Å². The van der Waals surface area contributed by atoms with Crippen molar-refractivity contribution in [3.63, 3.8) is 0 Å². The quantitative estimate of drug-likeness (QED) is 0.496. The van der Waals surface area contributed by atoms with Crippen LogP contribution in [0.2, 0.25) is 0 Å². The van der Waals surface area contributed by atoms with Gasteiger partial charge in [0.2, 0.25) is 0 Å². The zero-order valence-electron chi connectivity index (χ0n) is 13.5. The van der Waals surface area contributed by atoms with Gasteiger partial charge in [0.15, 0.2) is 0 Å². The van der Waals surface area contributed by atoms with Crippen LogP contribution in [0.5, 0.6) is 5.75 Å². The van der Waals surface area contributed by atoms with Gasteiger partial charge in [0.1, 0.15) is 5.75 Å². The molecule has 2 aromatic rings. The molecule has 0 spiro atoms. The van der Waals surface area contributed by atoms with E-state index >= 15 is 0 Å². The summed E-state index contributed by atoms with van der Waals surface area (Å²) in [6, 6.07) is 6.81. The smallest absolute Gasteiger partial charge is 0.428 e. The van der Waals surface area contributed by atoms with Crippen LogP contribution in [-0.2, 0) is 6.18 Å². The molecule has 2 rings (SSSR count). The molecule has 0 saturated heterocycles. The number of ether oxygens (including phenoxy) is 1. The van der Waals surface area contributed by atoms with Crippen LogP contribution in [0.25, 0.3) is 0 Å². The summed E-state index contributed by atoms with van der Waals surface area (Å²) in [6.45, 7) is 0. The topological polar surface area (TPSA) is 50.4 Å². The Hall–Kier alpha value is -2.50. The van der Waals surface area contributed by atoms with Gasteiger partial charge in [-0.05, 0) is 42.5 Å². The maximum absolute atomic E-state index is 13.1. The van der Waals surface area contributed by atoms with E-state index in [4.69, 9.17) is 0 Å². The van der Waals surface area contributed by atoms with E-state index in [1.807, 2.05) is 0 Å². The average molecular weight is 475 g/mol. The minimum Gasteiger partial charge on any atom is -0.428 e. The van der Waals surface area contributed by atoms with E-state index in [-0.39, 0.29) is 6.07 Å². The number of urea groups is 1. The fourth-order valence-electron chi connectivity index (χ4n) is 1.94. The lowest BCUT2D eigenvalue weighted by molar-refractivity contribution is -0.255. The molecule has 0 fully saturated rings. The zero-order chi connectivity index (χ0) is 21.1. The Morgan fingerprint density at radius 3 is 2.00 bits per heavy atom. The fourth-order valence-corrected chi connectivity index (χ4v) is 2.20. The summed E-state index contributed by atoms with van der Waals surface area (Å²) in [5, 5.41) is 4.42. The van der Waals surface area contributed by atoms with Crippen molar-refractivity contribution in [2.45, 2.75) is 18.7 Å². The van der Waals surface area contributed by atoms with Crippen molar-refractivity contribution in [3.05, 3.63) is 52.5 Å². The van der Waals surface area contributed by atoms with Crippen LogP contribution >= 0.6 is 15.9 Å². The normalized spacial score (nSPS) is 12.0. The number of amides is 2. The molecule has 0 aliphatic carbocycles. The molecule has 0 saturated carbocycles. The second-order valence-corrected chi connectivity index (χ2v) is 6.17. The van der Waals surface area contributed by atoms with Crippen LogP contribution in [0.4, 0.5) is 46.9 Å². The van der Waals surface area contributed by atoms with Crippen molar-refractivity contribution in [1.82, 2.24) is 0 Å². The summed E-state index contributed by atoms with van der Waals surface area (Å²) >= 11 is 3.18. The Morgan fingerprint density at radius 2 is 1.46 bits per heavy atom. The molecule has 4 nitrogen and oxygen atoms in total. The lowest BCUT2D eigenvalue weighted by Crippen LogP contribution is -2.34. The van der Waals surface area contributed by atoms with Gasteiger partial charge in [-0.3, -0.25) is 0 Å². The Balaban J connectivity index is 2.21. The minimum absolute atomic E-state index is 0.290. The van der Waals surface area contributed by atoms with E-state index in [2.05, 4.69) is 31.3 Å². The molecule has 152 valence electrons. The van der Waals surface area contributed by atoms with Gasteiger partial charge >= 0.3 is 24.7 Å². The number of nitrogens with one attached hydrogen (secondary N) is 2. The average Bonchev–Trinajstić information content (AvgIpc) is 2.57. The number of carbonyl (C=O) groups excluding carboxylic acids is 1. The van der Waals surface area contributed by atoms with Crippen molar-refractivity contribution in [2.24, 2.45) is 0 Å². The first-order valence-corrected chi connectivity index (χ1v) is 8.07. The van der Waals surface area contributed by atoms with Crippen molar-refractivity contribution in [2.75, 3.05) is 10.6 Å². The summed E-state index contributed by atoms with van der Waals surface area (Å²) < 4.78 is 93.8. The largest absolute Gasteiger partial charge is 0.461 e. The Labute approximate surface area is 161 Å². The van der Waals surface area contributed by atoms with Crippen molar-refractivity contribution in [1.29, 1.82) is 0 Å². The van der Waals surface area contributed by atoms with E-state index in [0.29, 0.717) is 11.8 Å². The SMILES string of the molecule is O=C(Nc1ccc(Br)cc1)Nc1ccc(OC(F)(F)C(F)F)c(C(F)(F)F)c1. The number of alkyl halides is 7. The first-order chi connectivity index (χ1) is 12.9. The summed E-state index contributed by atoms with van der Waals surface area (Å²) in [4.78, 5) is 11.9. The number of halogens is 8. The highest BCUT2D eigenvalue weighted by atomic mass is 79.9. The van der Waals surface area contributed by atoms with Gasteiger partial charge in [0.05, 0.1) is 5.56 Å².